The number of aromatic hydroxyl groups is 1. The summed E-state index contributed by atoms with van der Waals surface area (Å²) >= 11 is 3.17. The number of halogens is 4. The maximum atomic E-state index is 12.5. The second kappa shape index (κ2) is 4.25. The summed E-state index contributed by atoms with van der Waals surface area (Å²) in [5.74, 6) is -0.428. The first-order chi connectivity index (χ1) is 7.16. The normalized spacial score (nSPS) is 13.9. The van der Waals surface area contributed by atoms with Crippen molar-refractivity contribution >= 4 is 15.9 Å². The highest BCUT2D eigenvalue weighted by Crippen LogP contribution is 2.40. The average molecular weight is 298 g/mol. The lowest BCUT2D eigenvalue weighted by molar-refractivity contribution is -0.149. The van der Waals surface area contributed by atoms with E-state index in [9.17, 15) is 18.3 Å². The van der Waals surface area contributed by atoms with Gasteiger partial charge in [-0.2, -0.15) is 13.2 Å². The molecule has 90 valence electrons. The molecule has 1 aromatic rings. The van der Waals surface area contributed by atoms with Crippen molar-refractivity contribution in [1.82, 2.24) is 0 Å². The molecule has 0 amide bonds. The van der Waals surface area contributed by atoms with E-state index in [-0.39, 0.29) is 5.56 Å². The Labute approximate surface area is 99.4 Å². The Kier molecular flexibility index (Phi) is 3.54. The van der Waals surface area contributed by atoms with Gasteiger partial charge in [-0.05, 0) is 31.0 Å². The van der Waals surface area contributed by atoms with Crippen molar-refractivity contribution in [2.75, 3.05) is 0 Å². The predicted octanol–water partition coefficient (Wildman–Crippen LogP) is 3.33. The predicted molar refractivity (Wildman–Crippen MR) is 58.3 cm³/mol. The summed E-state index contributed by atoms with van der Waals surface area (Å²) in [5, 5.41) is 9.53. The van der Waals surface area contributed by atoms with Crippen LogP contribution in [0.25, 0.3) is 0 Å². The molecule has 16 heavy (non-hydrogen) atoms. The van der Waals surface area contributed by atoms with Crippen LogP contribution in [-0.2, 0) is 0 Å². The van der Waals surface area contributed by atoms with Gasteiger partial charge in [-0.25, -0.2) is 0 Å². The fourth-order valence-electron chi connectivity index (χ4n) is 1.51. The summed E-state index contributed by atoms with van der Waals surface area (Å²) in [6.45, 7) is 3.16. The smallest absolute Gasteiger partial charge is 0.407 e. The van der Waals surface area contributed by atoms with Crippen molar-refractivity contribution in [3.8, 4) is 5.75 Å². The number of rotatable bonds is 1. The summed E-state index contributed by atoms with van der Waals surface area (Å²) in [6, 6.07) is -0.915. The highest BCUT2D eigenvalue weighted by molar-refractivity contribution is 9.10. The summed E-state index contributed by atoms with van der Waals surface area (Å²) in [4.78, 5) is 0. The Balaban J connectivity index is 3.40. The molecular weight excluding hydrogens is 287 g/mol. The molecule has 0 spiro atoms. The van der Waals surface area contributed by atoms with Gasteiger partial charge in [0.25, 0.3) is 0 Å². The summed E-state index contributed by atoms with van der Waals surface area (Å²) in [6.07, 6.45) is -4.57. The zero-order valence-corrected chi connectivity index (χ0v) is 10.3. The molecule has 0 radical (unpaired) electrons. The van der Waals surface area contributed by atoms with E-state index < -0.39 is 18.0 Å². The van der Waals surface area contributed by atoms with Crippen LogP contribution in [-0.4, -0.2) is 11.3 Å². The van der Waals surface area contributed by atoms with Crippen molar-refractivity contribution in [2.45, 2.75) is 26.1 Å². The van der Waals surface area contributed by atoms with E-state index in [0.717, 1.165) is 0 Å². The number of hydrogen-bond donors (Lipinski definition) is 2. The molecule has 0 aliphatic carbocycles. The van der Waals surface area contributed by atoms with Crippen LogP contribution in [0.4, 0.5) is 13.2 Å². The number of benzene rings is 1. The van der Waals surface area contributed by atoms with Crippen LogP contribution in [0.2, 0.25) is 0 Å². The van der Waals surface area contributed by atoms with E-state index in [1.165, 1.54) is 13.0 Å². The number of alkyl halides is 3. The topological polar surface area (TPSA) is 46.2 Å². The third-order valence-corrected chi connectivity index (χ3v) is 3.59. The summed E-state index contributed by atoms with van der Waals surface area (Å²) < 4.78 is 38.0. The van der Waals surface area contributed by atoms with Gasteiger partial charge in [-0.15, -0.1) is 0 Å². The molecule has 2 nitrogen and oxygen atoms in total. The number of phenols is 1. The van der Waals surface area contributed by atoms with Gasteiger partial charge in [0.1, 0.15) is 11.8 Å². The zero-order chi connectivity index (χ0) is 12.7. The SMILES string of the molecule is Cc1cc(O)c([C@H](N)C(F)(F)F)c(C)c1Br. The van der Waals surface area contributed by atoms with E-state index in [1.54, 1.807) is 6.92 Å². The van der Waals surface area contributed by atoms with Gasteiger partial charge in [0.2, 0.25) is 0 Å². The molecule has 0 fully saturated rings. The molecule has 0 aliphatic rings. The van der Waals surface area contributed by atoms with Gasteiger partial charge in [0, 0.05) is 10.0 Å². The van der Waals surface area contributed by atoms with E-state index in [4.69, 9.17) is 5.73 Å². The minimum atomic E-state index is -4.57. The molecule has 1 aromatic carbocycles. The first-order valence-electron chi connectivity index (χ1n) is 4.47. The third-order valence-electron chi connectivity index (χ3n) is 2.37. The Bertz CT molecular complexity index is 418. The lowest BCUT2D eigenvalue weighted by atomic mass is 9.98. The molecule has 0 aromatic heterocycles. The van der Waals surface area contributed by atoms with Gasteiger partial charge in [-0.3, -0.25) is 0 Å². The molecule has 1 atom stereocenters. The fraction of sp³-hybridized carbons (Fsp3) is 0.400. The highest BCUT2D eigenvalue weighted by atomic mass is 79.9. The van der Waals surface area contributed by atoms with Crippen molar-refractivity contribution in [2.24, 2.45) is 5.73 Å². The molecule has 1 rings (SSSR count). The van der Waals surface area contributed by atoms with E-state index >= 15 is 0 Å². The zero-order valence-electron chi connectivity index (χ0n) is 8.69. The Morgan fingerprint density at radius 1 is 1.38 bits per heavy atom. The highest BCUT2D eigenvalue weighted by Gasteiger charge is 2.40. The van der Waals surface area contributed by atoms with Gasteiger partial charge in [-0.1, -0.05) is 15.9 Å². The van der Waals surface area contributed by atoms with Crippen molar-refractivity contribution in [1.29, 1.82) is 0 Å². The monoisotopic (exact) mass is 297 g/mol. The largest absolute Gasteiger partial charge is 0.508 e. The van der Waals surface area contributed by atoms with Crippen LogP contribution in [0.5, 0.6) is 5.75 Å². The maximum absolute atomic E-state index is 12.5. The molecule has 0 bridgehead atoms. The van der Waals surface area contributed by atoms with Gasteiger partial charge in [0.05, 0.1) is 0 Å². The molecule has 0 unspecified atom stereocenters. The van der Waals surface area contributed by atoms with E-state index in [1.807, 2.05) is 0 Å². The fourth-order valence-corrected chi connectivity index (χ4v) is 1.84. The Hall–Kier alpha value is -0.750. The van der Waals surface area contributed by atoms with E-state index in [2.05, 4.69) is 15.9 Å². The Morgan fingerprint density at radius 2 is 1.88 bits per heavy atom. The minimum absolute atomic E-state index is 0.287. The third kappa shape index (κ3) is 2.32. The van der Waals surface area contributed by atoms with Crippen LogP contribution >= 0.6 is 15.9 Å². The second-order valence-corrected chi connectivity index (χ2v) is 4.38. The van der Waals surface area contributed by atoms with Crippen LogP contribution in [0.3, 0.4) is 0 Å². The lowest BCUT2D eigenvalue weighted by Crippen LogP contribution is -2.29. The summed E-state index contributed by atoms with van der Waals surface area (Å²) in [7, 11) is 0. The van der Waals surface area contributed by atoms with Crippen LogP contribution in [0, 0.1) is 13.8 Å². The number of hydrogen-bond acceptors (Lipinski definition) is 2. The first kappa shape index (κ1) is 13.3. The molecule has 3 N–H and O–H groups in total. The average Bonchev–Trinajstić information content (AvgIpc) is 2.13. The quantitative estimate of drug-likeness (QED) is 0.835. The van der Waals surface area contributed by atoms with Crippen molar-refractivity contribution in [3.63, 3.8) is 0 Å². The van der Waals surface area contributed by atoms with Crippen LogP contribution < -0.4 is 5.73 Å². The second-order valence-electron chi connectivity index (χ2n) is 3.58. The van der Waals surface area contributed by atoms with Crippen LogP contribution in [0.15, 0.2) is 10.5 Å². The van der Waals surface area contributed by atoms with Gasteiger partial charge in [0.15, 0.2) is 0 Å². The number of phenolic OH excluding ortho intramolecular Hbond substituents is 1. The molecule has 0 heterocycles. The Morgan fingerprint density at radius 3 is 2.31 bits per heavy atom. The molecule has 0 saturated carbocycles. The van der Waals surface area contributed by atoms with E-state index in [0.29, 0.717) is 15.6 Å². The number of nitrogens with two attached hydrogens (primary N) is 1. The molecule has 0 aliphatic heterocycles. The minimum Gasteiger partial charge on any atom is -0.508 e. The standard InChI is InChI=1S/C10H11BrF3NO/c1-4-3-6(16)7(5(2)8(4)11)9(15)10(12,13)14/h3,9,16H,15H2,1-2H3/t9-/m0/s1. The summed E-state index contributed by atoms with van der Waals surface area (Å²) in [5.41, 5.74) is 5.77. The van der Waals surface area contributed by atoms with Crippen LogP contribution in [0.1, 0.15) is 22.7 Å². The first-order valence-corrected chi connectivity index (χ1v) is 5.26. The molecule has 6 heteroatoms. The molecular formula is C10H11BrF3NO. The van der Waals surface area contributed by atoms with Gasteiger partial charge < -0.3 is 10.8 Å². The van der Waals surface area contributed by atoms with Gasteiger partial charge >= 0.3 is 6.18 Å². The maximum Gasteiger partial charge on any atom is 0.407 e. The number of aryl methyl sites for hydroxylation is 1. The van der Waals surface area contributed by atoms with Crippen molar-refractivity contribution < 1.29 is 18.3 Å². The molecule has 0 saturated heterocycles. The van der Waals surface area contributed by atoms with Crippen molar-refractivity contribution in [3.05, 3.63) is 27.2 Å². The lowest BCUT2D eigenvalue weighted by Gasteiger charge is -2.20.